The molecular weight excluding hydrogens is 228 g/mol. The molecule has 1 heterocycles. The number of piperazine rings is 1. The molecule has 1 atom stereocenters. The zero-order valence-corrected chi connectivity index (χ0v) is 9.50. The summed E-state index contributed by atoms with van der Waals surface area (Å²) in [5, 5.41) is 23.6. The quantitative estimate of drug-likeness (QED) is 0.470. The summed E-state index contributed by atoms with van der Waals surface area (Å²) >= 11 is 0. The molecule has 0 spiro atoms. The van der Waals surface area contributed by atoms with E-state index in [0.29, 0.717) is 13.1 Å². The van der Waals surface area contributed by atoms with Crippen LogP contribution in [0.25, 0.3) is 0 Å². The van der Waals surface area contributed by atoms with Gasteiger partial charge in [-0.1, -0.05) is 0 Å². The summed E-state index contributed by atoms with van der Waals surface area (Å²) in [5.41, 5.74) is 5.34. The molecule has 0 aromatic heterocycles. The standard InChI is InChI=1S/C9H18N4O4/c10-7(8(14)15)1-4-13(9(16)17)12-5-2-11-3-6-12/h7,11H,1-6,10H2,(H,14,15)(H,16,17)/t7-/m0/s1. The van der Waals surface area contributed by atoms with Gasteiger partial charge < -0.3 is 21.3 Å². The van der Waals surface area contributed by atoms with Crippen LogP contribution in [-0.2, 0) is 4.79 Å². The van der Waals surface area contributed by atoms with Crippen molar-refractivity contribution >= 4 is 12.1 Å². The monoisotopic (exact) mass is 246 g/mol. The Morgan fingerprint density at radius 1 is 1.35 bits per heavy atom. The number of carboxylic acids is 1. The molecule has 0 radical (unpaired) electrons. The molecule has 0 saturated carbocycles. The SMILES string of the molecule is N[C@@H](CCN(C(=O)O)N1CCNCC1)C(=O)O. The third-order valence-corrected chi connectivity index (χ3v) is 2.62. The Morgan fingerprint density at radius 3 is 2.41 bits per heavy atom. The average molecular weight is 246 g/mol. The van der Waals surface area contributed by atoms with Crippen LogP contribution in [0.3, 0.4) is 0 Å². The van der Waals surface area contributed by atoms with Crippen LogP contribution in [0.1, 0.15) is 6.42 Å². The molecule has 1 saturated heterocycles. The Labute approximate surface area is 98.9 Å². The predicted octanol–water partition coefficient (Wildman–Crippen LogP) is -1.41. The van der Waals surface area contributed by atoms with Gasteiger partial charge in [-0.3, -0.25) is 4.79 Å². The number of rotatable bonds is 5. The number of nitrogens with two attached hydrogens (primary N) is 1. The van der Waals surface area contributed by atoms with Gasteiger partial charge in [0.05, 0.1) is 0 Å². The summed E-state index contributed by atoms with van der Waals surface area (Å²) in [6, 6.07) is -1.03. The first kappa shape index (κ1) is 13.7. The topological polar surface area (TPSA) is 119 Å². The number of nitrogens with one attached hydrogen (secondary N) is 1. The van der Waals surface area contributed by atoms with Gasteiger partial charge in [0, 0.05) is 32.7 Å². The molecule has 0 aromatic rings. The van der Waals surface area contributed by atoms with Gasteiger partial charge >= 0.3 is 12.1 Å². The van der Waals surface area contributed by atoms with Crippen molar-refractivity contribution in [2.24, 2.45) is 5.73 Å². The van der Waals surface area contributed by atoms with Gasteiger partial charge in [-0.25, -0.2) is 14.8 Å². The van der Waals surface area contributed by atoms with E-state index in [4.69, 9.17) is 15.9 Å². The van der Waals surface area contributed by atoms with Crippen LogP contribution in [0.4, 0.5) is 4.79 Å². The number of hydrazine groups is 1. The van der Waals surface area contributed by atoms with Gasteiger partial charge in [0.25, 0.3) is 0 Å². The van der Waals surface area contributed by atoms with Crippen LogP contribution < -0.4 is 11.1 Å². The second-order valence-corrected chi connectivity index (χ2v) is 3.84. The van der Waals surface area contributed by atoms with Crippen LogP contribution in [0, 0.1) is 0 Å². The normalized spacial score (nSPS) is 18.6. The molecule has 1 aliphatic heterocycles. The minimum absolute atomic E-state index is 0.100. The maximum Gasteiger partial charge on any atom is 0.421 e. The van der Waals surface area contributed by atoms with E-state index in [9.17, 15) is 9.59 Å². The fourth-order valence-electron chi connectivity index (χ4n) is 1.64. The Hall–Kier alpha value is -1.38. The van der Waals surface area contributed by atoms with E-state index in [1.807, 2.05) is 0 Å². The van der Waals surface area contributed by atoms with Gasteiger partial charge in [0.2, 0.25) is 0 Å². The Kier molecular flexibility index (Phi) is 5.13. The van der Waals surface area contributed by atoms with Crippen molar-refractivity contribution in [2.75, 3.05) is 32.7 Å². The van der Waals surface area contributed by atoms with E-state index in [2.05, 4.69) is 5.32 Å². The molecule has 1 aliphatic rings. The lowest BCUT2D eigenvalue weighted by atomic mass is 10.2. The first-order valence-electron chi connectivity index (χ1n) is 5.47. The smallest absolute Gasteiger partial charge is 0.421 e. The summed E-state index contributed by atoms with van der Waals surface area (Å²) in [6.07, 6.45) is -0.976. The van der Waals surface area contributed by atoms with Gasteiger partial charge in [-0.2, -0.15) is 0 Å². The highest BCUT2D eigenvalue weighted by Crippen LogP contribution is 2.03. The summed E-state index contributed by atoms with van der Waals surface area (Å²) < 4.78 is 0. The maximum atomic E-state index is 11.1. The molecule has 98 valence electrons. The number of nitrogens with zero attached hydrogens (tertiary/aromatic N) is 2. The Bertz CT molecular complexity index is 280. The molecule has 0 bridgehead atoms. The molecular formula is C9H18N4O4. The van der Waals surface area contributed by atoms with Crippen LogP contribution in [-0.4, -0.2) is 71.1 Å². The minimum atomic E-state index is -1.12. The van der Waals surface area contributed by atoms with Crippen molar-refractivity contribution < 1.29 is 19.8 Å². The van der Waals surface area contributed by atoms with E-state index in [0.717, 1.165) is 18.1 Å². The van der Waals surface area contributed by atoms with Crippen LogP contribution >= 0.6 is 0 Å². The van der Waals surface area contributed by atoms with Crippen molar-refractivity contribution in [2.45, 2.75) is 12.5 Å². The van der Waals surface area contributed by atoms with Crippen LogP contribution in [0.2, 0.25) is 0 Å². The van der Waals surface area contributed by atoms with Gasteiger partial charge in [0.1, 0.15) is 6.04 Å². The van der Waals surface area contributed by atoms with E-state index < -0.39 is 18.1 Å². The van der Waals surface area contributed by atoms with Crippen molar-refractivity contribution in [3.8, 4) is 0 Å². The molecule has 0 unspecified atom stereocenters. The second kappa shape index (κ2) is 6.38. The summed E-state index contributed by atoms with van der Waals surface area (Å²) in [7, 11) is 0. The lowest BCUT2D eigenvalue weighted by Gasteiger charge is -2.35. The third-order valence-electron chi connectivity index (χ3n) is 2.62. The molecule has 17 heavy (non-hydrogen) atoms. The van der Waals surface area contributed by atoms with Gasteiger partial charge in [-0.15, -0.1) is 0 Å². The first-order valence-corrected chi connectivity index (χ1v) is 5.47. The fraction of sp³-hybridized carbons (Fsp3) is 0.778. The number of carboxylic acid groups (broad SMARTS) is 2. The Balaban J connectivity index is 2.48. The predicted molar refractivity (Wildman–Crippen MR) is 59.4 cm³/mol. The number of hydrogen-bond donors (Lipinski definition) is 4. The number of hydrogen-bond acceptors (Lipinski definition) is 5. The summed E-state index contributed by atoms with van der Waals surface area (Å²) in [5.74, 6) is -1.12. The highest BCUT2D eigenvalue weighted by Gasteiger charge is 2.23. The van der Waals surface area contributed by atoms with Crippen LogP contribution in [0.15, 0.2) is 0 Å². The molecule has 8 nitrogen and oxygen atoms in total. The second-order valence-electron chi connectivity index (χ2n) is 3.84. The average Bonchev–Trinajstić information content (AvgIpc) is 2.29. The molecule has 5 N–H and O–H groups in total. The molecule has 1 fully saturated rings. The highest BCUT2D eigenvalue weighted by molar-refractivity contribution is 5.73. The lowest BCUT2D eigenvalue weighted by Crippen LogP contribution is -2.55. The molecule has 1 rings (SSSR count). The summed E-state index contributed by atoms with van der Waals surface area (Å²) in [4.78, 5) is 21.6. The zero-order chi connectivity index (χ0) is 12.8. The number of amides is 1. The van der Waals surface area contributed by atoms with Crippen molar-refractivity contribution in [3.63, 3.8) is 0 Å². The number of aliphatic carboxylic acids is 1. The highest BCUT2D eigenvalue weighted by atomic mass is 16.4. The minimum Gasteiger partial charge on any atom is -0.480 e. The first-order chi connectivity index (χ1) is 8.02. The van der Waals surface area contributed by atoms with E-state index >= 15 is 0 Å². The molecule has 1 amide bonds. The molecule has 0 aromatic carbocycles. The van der Waals surface area contributed by atoms with Crippen molar-refractivity contribution in [3.05, 3.63) is 0 Å². The number of carbonyl (C=O) groups is 2. The van der Waals surface area contributed by atoms with Gasteiger partial charge in [-0.05, 0) is 6.42 Å². The summed E-state index contributed by atoms with van der Waals surface area (Å²) in [6.45, 7) is 2.72. The lowest BCUT2D eigenvalue weighted by molar-refractivity contribution is -0.139. The van der Waals surface area contributed by atoms with E-state index in [1.165, 1.54) is 0 Å². The van der Waals surface area contributed by atoms with Crippen LogP contribution in [0.5, 0.6) is 0 Å². The molecule has 8 heteroatoms. The van der Waals surface area contributed by atoms with Crippen molar-refractivity contribution in [1.82, 2.24) is 15.3 Å². The zero-order valence-electron chi connectivity index (χ0n) is 9.50. The van der Waals surface area contributed by atoms with E-state index in [-0.39, 0.29) is 13.0 Å². The van der Waals surface area contributed by atoms with Gasteiger partial charge in [0.15, 0.2) is 0 Å². The van der Waals surface area contributed by atoms with E-state index in [1.54, 1.807) is 5.01 Å². The maximum absolute atomic E-state index is 11.1. The van der Waals surface area contributed by atoms with Crippen molar-refractivity contribution in [1.29, 1.82) is 0 Å². The molecule has 0 aliphatic carbocycles. The third kappa shape index (κ3) is 4.17. The fourth-order valence-corrected chi connectivity index (χ4v) is 1.64. The largest absolute Gasteiger partial charge is 0.480 e. The Morgan fingerprint density at radius 2 is 1.94 bits per heavy atom.